The van der Waals surface area contributed by atoms with Crippen LogP contribution < -0.4 is 10.6 Å². The molecule has 1 saturated carbocycles. The zero-order valence-electron chi connectivity index (χ0n) is 10.8. The number of rotatable bonds is 6. The van der Waals surface area contributed by atoms with Gasteiger partial charge in [-0.3, -0.25) is 0 Å². The summed E-state index contributed by atoms with van der Waals surface area (Å²) in [6.45, 7) is 2.08. The van der Waals surface area contributed by atoms with Gasteiger partial charge in [-0.05, 0) is 54.5 Å². The van der Waals surface area contributed by atoms with Gasteiger partial charge in [-0.2, -0.15) is 11.3 Å². The lowest BCUT2D eigenvalue weighted by Crippen LogP contribution is -2.56. The summed E-state index contributed by atoms with van der Waals surface area (Å²) in [5, 5.41) is 18.5. The Balaban J connectivity index is 1.78. The van der Waals surface area contributed by atoms with Gasteiger partial charge >= 0.3 is 12.0 Å². The summed E-state index contributed by atoms with van der Waals surface area (Å²) in [6, 6.07) is 1.60. The maximum atomic E-state index is 11.7. The van der Waals surface area contributed by atoms with Gasteiger partial charge in [0, 0.05) is 6.54 Å². The Morgan fingerprint density at radius 3 is 2.79 bits per heavy atom. The maximum absolute atomic E-state index is 11.7. The van der Waals surface area contributed by atoms with Gasteiger partial charge in [-0.1, -0.05) is 0 Å². The number of carboxylic acids is 1. The normalized spacial score (nSPS) is 17.5. The molecule has 2 rings (SSSR count). The van der Waals surface area contributed by atoms with Crippen molar-refractivity contribution in [2.75, 3.05) is 6.54 Å². The molecule has 1 atom stereocenters. The SMILES string of the molecule is CC(NC(=O)NCCc1ccsc1)(C(=O)O)C1CC1. The number of carboxylic acid groups (broad SMARTS) is 1. The fraction of sp³-hybridized carbons (Fsp3) is 0.538. The van der Waals surface area contributed by atoms with Crippen molar-refractivity contribution >= 4 is 23.3 Å². The van der Waals surface area contributed by atoms with E-state index in [4.69, 9.17) is 0 Å². The molecule has 1 aromatic rings. The molecule has 3 N–H and O–H groups in total. The third-order valence-electron chi connectivity index (χ3n) is 3.49. The number of amides is 2. The first-order valence-electron chi connectivity index (χ1n) is 6.33. The molecule has 6 heteroatoms. The van der Waals surface area contributed by atoms with E-state index >= 15 is 0 Å². The van der Waals surface area contributed by atoms with Crippen LogP contribution in [0, 0.1) is 5.92 Å². The molecule has 1 aliphatic rings. The zero-order chi connectivity index (χ0) is 13.9. The highest BCUT2D eigenvalue weighted by atomic mass is 32.1. The molecule has 1 unspecified atom stereocenters. The van der Waals surface area contributed by atoms with E-state index in [2.05, 4.69) is 10.6 Å². The molecule has 1 fully saturated rings. The molecule has 2 amide bonds. The molecule has 0 bridgehead atoms. The molecule has 0 radical (unpaired) electrons. The second-order valence-electron chi connectivity index (χ2n) is 5.04. The van der Waals surface area contributed by atoms with Crippen molar-refractivity contribution < 1.29 is 14.7 Å². The van der Waals surface area contributed by atoms with Gasteiger partial charge in [0.25, 0.3) is 0 Å². The van der Waals surface area contributed by atoms with E-state index in [1.807, 2.05) is 16.8 Å². The second-order valence-corrected chi connectivity index (χ2v) is 5.82. The third-order valence-corrected chi connectivity index (χ3v) is 4.22. The van der Waals surface area contributed by atoms with Crippen LogP contribution >= 0.6 is 11.3 Å². The summed E-state index contributed by atoms with van der Waals surface area (Å²) in [5.74, 6) is -0.921. The molecule has 0 aromatic carbocycles. The Hall–Kier alpha value is -1.56. The average molecular weight is 282 g/mol. The van der Waals surface area contributed by atoms with Crippen LogP contribution in [0.5, 0.6) is 0 Å². The van der Waals surface area contributed by atoms with Crippen LogP contribution in [-0.4, -0.2) is 29.2 Å². The van der Waals surface area contributed by atoms with Crippen LogP contribution in [0.15, 0.2) is 16.8 Å². The molecule has 104 valence electrons. The first-order valence-corrected chi connectivity index (χ1v) is 7.27. The summed E-state index contributed by atoms with van der Waals surface area (Å²) < 4.78 is 0. The van der Waals surface area contributed by atoms with E-state index in [-0.39, 0.29) is 5.92 Å². The summed E-state index contributed by atoms with van der Waals surface area (Å²) in [4.78, 5) is 23.0. The standard InChI is InChI=1S/C13H18N2O3S/c1-13(11(16)17,10-2-3-10)15-12(18)14-6-4-9-5-7-19-8-9/h5,7-8,10H,2-4,6H2,1H3,(H,16,17)(H2,14,15,18). The van der Waals surface area contributed by atoms with Crippen molar-refractivity contribution in [3.8, 4) is 0 Å². The third kappa shape index (κ3) is 3.47. The Labute approximate surface area is 116 Å². The first kappa shape index (κ1) is 13.9. The lowest BCUT2D eigenvalue weighted by atomic mass is 9.96. The van der Waals surface area contributed by atoms with Crippen LogP contribution in [0.2, 0.25) is 0 Å². The number of carbonyl (C=O) groups is 2. The average Bonchev–Trinajstić information content (AvgIpc) is 3.08. The van der Waals surface area contributed by atoms with Crippen molar-refractivity contribution in [1.29, 1.82) is 0 Å². The van der Waals surface area contributed by atoms with E-state index in [9.17, 15) is 14.7 Å². The molecule has 1 aliphatic carbocycles. The van der Waals surface area contributed by atoms with Crippen LogP contribution in [0.4, 0.5) is 4.79 Å². The van der Waals surface area contributed by atoms with Crippen molar-refractivity contribution in [3.63, 3.8) is 0 Å². The van der Waals surface area contributed by atoms with E-state index < -0.39 is 17.5 Å². The monoisotopic (exact) mass is 282 g/mol. The molecule has 1 heterocycles. The lowest BCUT2D eigenvalue weighted by Gasteiger charge is -2.26. The van der Waals surface area contributed by atoms with E-state index in [1.165, 1.54) is 5.56 Å². The highest BCUT2D eigenvalue weighted by Crippen LogP contribution is 2.39. The largest absolute Gasteiger partial charge is 0.480 e. The molecule has 1 aromatic heterocycles. The molecule has 19 heavy (non-hydrogen) atoms. The molecule has 0 spiro atoms. The van der Waals surface area contributed by atoms with Gasteiger partial charge in [0.05, 0.1) is 0 Å². The smallest absolute Gasteiger partial charge is 0.329 e. The summed E-state index contributed by atoms with van der Waals surface area (Å²) in [6.07, 6.45) is 2.47. The predicted octanol–water partition coefficient (Wildman–Crippen LogP) is 1.84. The van der Waals surface area contributed by atoms with Crippen molar-refractivity contribution in [1.82, 2.24) is 10.6 Å². The van der Waals surface area contributed by atoms with Crippen LogP contribution in [0.25, 0.3) is 0 Å². The van der Waals surface area contributed by atoms with Crippen molar-refractivity contribution in [3.05, 3.63) is 22.4 Å². The van der Waals surface area contributed by atoms with Gasteiger partial charge in [-0.15, -0.1) is 0 Å². The lowest BCUT2D eigenvalue weighted by molar-refractivity contribution is -0.144. The number of hydrogen-bond donors (Lipinski definition) is 3. The van der Waals surface area contributed by atoms with Crippen LogP contribution in [0.3, 0.4) is 0 Å². The Bertz CT molecular complexity index is 456. The minimum Gasteiger partial charge on any atom is -0.480 e. The number of nitrogens with one attached hydrogen (secondary N) is 2. The maximum Gasteiger partial charge on any atom is 0.329 e. The fourth-order valence-electron chi connectivity index (χ4n) is 2.03. The molecule has 0 saturated heterocycles. The predicted molar refractivity (Wildman–Crippen MR) is 73.3 cm³/mol. The molecule has 5 nitrogen and oxygen atoms in total. The highest BCUT2D eigenvalue weighted by molar-refractivity contribution is 7.07. The minimum atomic E-state index is -1.15. The van der Waals surface area contributed by atoms with Crippen LogP contribution in [0.1, 0.15) is 25.3 Å². The molecular formula is C13H18N2O3S. The van der Waals surface area contributed by atoms with Gasteiger partial charge in [0.2, 0.25) is 0 Å². The fourth-order valence-corrected chi connectivity index (χ4v) is 2.73. The number of carbonyl (C=O) groups excluding carboxylic acids is 1. The zero-order valence-corrected chi connectivity index (χ0v) is 11.6. The highest BCUT2D eigenvalue weighted by Gasteiger charge is 2.48. The van der Waals surface area contributed by atoms with Crippen LogP contribution in [-0.2, 0) is 11.2 Å². The van der Waals surface area contributed by atoms with Crippen molar-refractivity contribution in [2.45, 2.75) is 31.7 Å². The Morgan fingerprint density at radius 2 is 2.26 bits per heavy atom. The number of hydrogen-bond acceptors (Lipinski definition) is 3. The summed E-state index contributed by atoms with van der Waals surface area (Å²) in [7, 11) is 0. The summed E-state index contributed by atoms with van der Waals surface area (Å²) >= 11 is 1.62. The van der Waals surface area contributed by atoms with Gasteiger partial charge < -0.3 is 15.7 Å². The quantitative estimate of drug-likeness (QED) is 0.745. The minimum absolute atomic E-state index is 0.0487. The first-order chi connectivity index (χ1) is 9.02. The topological polar surface area (TPSA) is 78.4 Å². The molecule has 0 aliphatic heterocycles. The van der Waals surface area contributed by atoms with Gasteiger partial charge in [0.15, 0.2) is 0 Å². The van der Waals surface area contributed by atoms with E-state index in [1.54, 1.807) is 18.3 Å². The Kier molecular flexibility index (Phi) is 4.09. The number of aliphatic carboxylic acids is 1. The summed E-state index contributed by atoms with van der Waals surface area (Å²) in [5.41, 5.74) is 0.0282. The molecular weight excluding hydrogens is 264 g/mol. The second kappa shape index (κ2) is 5.61. The van der Waals surface area contributed by atoms with Gasteiger partial charge in [-0.25, -0.2) is 9.59 Å². The number of thiophene rings is 1. The van der Waals surface area contributed by atoms with Gasteiger partial charge in [0.1, 0.15) is 5.54 Å². The number of urea groups is 1. The van der Waals surface area contributed by atoms with Crippen molar-refractivity contribution in [2.24, 2.45) is 5.92 Å². The Morgan fingerprint density at radius 1 is 1.53 bits per heavy atom. The van der Waals surface area contributed by atoms with E-state index in [0.717, 1.165) is 19.3 Å². The van der Waals surface area contributed by atoms with E-state index in [0.29, 0.717) is 6.54 Å².